The number of hydrogen-bond donors (Lipinski definition) is 2. The van der Waals surface area contributed by atoms with Crippen molar-refractivity contribution >= 4 is 17.1 Å². The van der Waals surface area contributed by atoms with E-state index in [-0.39, 0.29) is 6.54 Å². The topological polar surface area (TPSA) is 99.4 Å². The number of piperazine rings is 1. The third kappa shape index (κ3) is 3.58. The van der Waals surface area contributed by atoms with E-state index in [1.54, 1.807) is 11.6 Å². The largest absolute Gasteiger partial charge is 0.387 e. The lowest BCUT2D eigenvalue weighted by Gasteiger charge is -2.35. The maximum atomic E-state index is 12.6. The summed E-state index contributed by atoms with van der Waals surface area (Å²) < 4.78 is 3.08. The smallest absolute Gasteiger partial charge is 0.329 e. The Bertz CT molecular complexity index is 1110. The Hall–Kier alpha value is -2.91. The summed E-state index contributed by atoms with van der Waals surface area (Å²) >= 11 is 0. The molecule has 2 N–H and O–H groups in total. The second-order valence-corrected chi connectivity index (χ2v) is 7.36. The predicted molar refractivity (Wildman–Crippen MR) is 111 cm³/mol. The van der Waals surface area contributed by atoms with Gasteiger partial charge in [0.25, 0.3) is 5.56 Å². The highest BCUT2D eigenvalue weighted by atomic mass is 16.3. The molecule has 1 saturated heterocycles. The van der Waals surface area contributed by atoms with Gasteiger partial charge in [0.05, 0.1) is 12.6 Å². The van der Waals surface area contributed by atoms with Crippen molar-refractivity contribution in [1.29, 1.82) is 0 Å². The molecular formula is C20H26N6O3. The summed E-state index contributed by atoms with van der Waals surface area (Å²) in [5.41, 5.74) is 0.395. The van der Waals surface area contributed by atoms with Gasteiger partial charge in [-0.05, 0) is 12.1 Å². The van der Waals surface area contributed by atoms with Crippen molar-refractivity contribution in [3.8, 4) is 0 Å². The maximum Gasteiger partial charge on any atom is 0.329 e. The molecule has 1 aliphatic heterocycles. The lowest BCUT2D eigenvalue weighted by Crippen LogP contribution is -2.47. The first kappa shape index (κ1) is 19.4. The molecule has 0 saturated carbocycles. The number of imidazole rings is 1. The van der Waals surface area contributed by atoms with E-state index in [1.807, 2.05) is 30.3 Å². The molecule has 0 bridgehead atoms. The van der Waals surface area contributed by atoms with Crippen LogP contribution in [0.15, 0.2) is 39.9 Å². The van der Waals surface area contributed by atoms with Crippen LogP contribution in [0.1, 0.15) is 18.6 Å². The van der Waals surface area contributed by atoms with Crippen LogP contribution < -0.4 is 16.1 Å². The Morgan fingerprint density at radius 1 is 1.14 bits per heavy atom. The molecule has 2 aromatic heterocycles. The molecule has 0 spiro atoms. The minimum absolute atomic E-state index is 0.172. The zero-order chi connectivity index (χ0) is 20.5. The number of fused-ring (bicyclic) bond motifs is 1. The summed E-state index contributed by atoms with van der Waals surface area (Å²) in [6.45, 7) is 6.63. The number of rotatable bonds is 5. The summed E-state index contributed by atoms with van der Waals surface area (Å²) in [5.74, 6) is 0.609. The van der Waals surface area contributed by atoms with Crippen LogP contribution in [0.5, 0.6) is 0 Å². The molecule has 4 rings (SSSR count). The molecule has 1 aromatic carbocycles. The maximum absolute atomic E-state index is 12.6. The number of aliphatic hydroxyl groups is 1. The first-order chi connectivity index (χ1) is 14.0. The van der Waals surface area contributed by atoms with E-state index in [1.165, 1.54) is 4.57 Å². The van der Waals surface area contributed by atoms with E-state index in [2.05, 4.69) is 26.7 Å². The molecule has 3 aromatic rings. The fourth-order valence-corrected chi connectivity index (χ4v) is 3.86. The number of benzene rings is 1. The Morgan fingerprint density at radius 2 is 1.83 bits per heavy atom. The van der Waals surface area contributed by atoms with Gasteiger partial charge in [-0.25, -0.2) is 4.79 Å². The molecule has 29 heavy (non-hydrogen) atoms. The summed E-state index contributed by atoms with van der Waals surface area (Å²) in [4.78, 5) is 36.2. The van der Waals surface area contributed by atoms with E-state index in [0.717, 1.165) is 38.3 Å². The van der Waals surface area contributed by atoms with Crippen LogP contribution in [-0.4, -0.2) is 61.8 Å². The fraction of sp³-hybridized carbons (Fsp3) is 0.450. The summed E-state index contributed by atoms with van der Waals surface area (Å²) in [6.07, 6.45) is -0.805. The number of aromatic nitrogens is 4. The number of aromatic amines is 1. The molecule has 0 aliphatic carbocycles. The van der Waals surface area contributed by atoms with Crippen LogP contribution in [0, 0.1) is 0 Å². The lowest BCUT2D eigenvalue weighted by molar-refractivity contribution is 0.158. The van der Waals surface area contributed by atoms with Gasteiger partial charge < -0.3 is 19.5 Å². The van der Waals surface area contributed by atoms with Crippen LogP contribution in [0.2, 0.25) is 0 Å². The number of anilines is 1. The second-order valence-electron chi connectivity index (χ2n) is 7.36. The van der Waals surface area contributed by atoms with E-state index in [0.29, 0.717) is 17.1 Å². The lowest BCUT2D eigenvalue weighted by atomic mass is 10.1. The number of aliphatic hydroxyl groups excluding tert-OH is 1. The van der Waals surface area contributed by atoms with Gasteiger partial charge in [0, 0.05) is 33.2 Å². The van der Waals surface area contributed by atoms with Gasteiger partial charge in [-0.2, -0.15) is 4.98 Å². The molecule has 1 fully saturated rings. The third-order valence-electron chi connectivity index (χ3n) is 5.63. The molecular weight excluding hydrogens is 372 g/mol. The minimum atomic E-state index is -0.805. The number of likely N-dealkylation sites (N-methyl/N-ethyl adjacent to an activating group) is 1. The van der Waals surface area contributed by atoms with Crippen molar-refractivity contribution < 1.29 is 5.11 Å². The zero-order valence-corrected chi connectivity index (χ0v) is 16.7. The van der Waals surface area contributed by atoms with Gasteiger partial charge in [0.1, 0.15) is 0 Å². The van der Waals surface area contributed by atoms with Crippen molar-refractivity contribution in [1.82, 2.24) is 24.0 Å². The Morgan fingerprint density at radius 3 is 2.48 bits per heavy atom. The van der Waals surface area contributed by atoms with Crippen LogP contribution in [0.25, 0.3) is 11.2 Å². The van der Waals surface area contributed by atoms with Crippen LogP contribution in [-0.2, 0) is 13.6 Å². The standard InChI is InChI=1S/C20H26N6O3/c1-3-24-9-11-25(12-10-24)19-21-17-16(18(28)22-20(29)23(17)2)26(19)13-15(27)14-7-5-4-6-8-14/h4-8,15,27H,3,9-13H2,1-2H3,(H,22,28,29)/t15-/m1/s1. The monoisotopic (exact) mass is 398 g/mol. The Kier molecular flexibility index (Phi) is 5.25. The zero-order valence-electron chi connectivity index (χ0n) is 16.7. The van der Waals surface area contributed by atoms with Gasteiger partial charge in [-0.3, -0.25) is 14.3 Å². The summed E-state index contributed by atoms with van der Waals surface area (Å²) in [5, 5.41) is 10.8. The first-order valence-electron chi connectivity index (χ1n) is 9.89. The molecule has 9 nitrogen and oxygen atoms in total. The average Bonchev–Trinajstić information content (AvgIpc) is 3.12. The molecule has 9 heteroatoms. The number of H-pyrrole nitrogens is 1. The molecule has 0 amide bonds. The minimum Gasteiger partial charge on any atom is -0.387 e. The molecule has 1 atom stereocenters. The second kappa shape index (κ2) is 7.84. The quantitative estimate of drug-likeness (QED) is 0.641. The number of hydrogen-bond acceptors (Lipinski definition) is 6. The molecule has 3 heterocycles. The van der Waals surface area contributed by atoms with E-state index < -0.39 is 17.4 Å². The average molecular weight is 398 g/mol. The molecule has 154 valence electrons. The van der Waals surface area contributed by atoms with Crippen molar-refractivity contribution in [2.45, 2.75) is 19.6 Å². The van der Waals surface area contributed by atoms with Crippen molar-refractivity contribution in [2.75, 3.05) is 37.6 Å². The van der Waals surface area contributed by atoms with E-state index in [9.17, 15) is 14.7 Å². The van der Waals surface area contributed by atoms with Crippen molar-refractivity contribution in [3.05, 3.63) is 56.7 Å². The highest BCUT2D eigenvalue weighted by Crippen LogP contribution is 2.24. The third-order valence-corrected chi connectivity index (χ3v) is 5.63. The molecule has 0 radical (unpaired) electrons. The SMILES string of the molecule is CCN1CCN(c2nc3c(c(=O)[nH]c(=O)n3C)n2C[C@@H](O)c2ccccc2)CC1. The van der Waals surface area contributed by atoms with Crippen LogP contribution in [0.3, 0.4) is 0 Å². The van der Waals surface area contributed by atoms with Crippen LogP contribution >= 0.6 is 0 Å². The highest BCUT2D eigenvalue weighted by Gasteiger charge is 2.25. The molecule has 0 unspecified atom stereocenters. The fourth-order valence-electron chi connectivity index (χ4n) is 3.86. The molecule has 1 aliphatic rings. The predicted octanol–water partition coefficient (Wildman–Crippen LogP) is 0.299. The van der Waals surface area contributed by atoms with Gasteiger partial charge in [0.15, 0.2) is 11.2 Å². The Labute approximate surface area is 167 Å². The van der Waals surface area contributed by atoms with Crippen LogP contribution in [0.4, 0.5) is 5.95 Å². The van der Waals surface area contributed by atoms with Crippen molar-refractivity contribution in [2.24, 2.45) is 7.05 Å². The number of nitrogens with one attached hydrogen (secondary N) is 1. The normalized spacial score (nSPS) is 16.4. The summed E-state index contributed by atoms with van der Waals surface area (Å²) in [6, 6.07) is 9.33. The van der Waals surface area contributed by atoms with Gasteiger partial charge in [-0.15, -0.1) is 0 Å². The van der Waals surface area contributed by atoms with Gasteiger partial charge in [-0.1, -0.05) is 37.3 Å². The Balaban J connectivity index is 1.80. The first-order valence-corrected chi connectivity index (χ1v) is 9.89. The highest BCUT2D eigenvalue weighted by molar-refractivity contribution is 5.74. The van der Waals surface area contributed by atoms with Gasteiger partial charge in [0.2, 0.25) is 5.95 Å². The summed E-state index contributed by atoms with van der Waals surface area (Å²) in [7, 11) is 1.59. The van der Waals surface area contributed by atoms with Gasteiger partial charge >= 0.3 is 5.69 Å². The van der Waals surface area contributed by atoms with Crippen molar-refractivity contribution in [3.63, 3.8) is 0 Å². The van der Waals surface area contributed by atoms with E-state index >= 15 is 0 Å². The number of aryl methyl sites for hydroxylation is 1. The number of nitrogens with zero attached hydrogens (tertiary/aromatic N) is 5. The van der Waals surface area contributed by atoms with E-state index in [4.69, 9.17) is 0 Å².